The fourth-order valence-corrected chi connectivity index (χ4v) is 2.92. The van der Waals surface area contributed by atoms with E-state index in [9.17, 15) is 0 Å². The third kappa shape index (κ3) is 4.06. The number of aromatic nitrogens is 2. The SMILES string of the molecule is CCNc1ncc(Br)c(N2CCN(CC(C)C)CC2)n1. The molecule has 0 aliphatic carbocycles. The fraction of sp³-hybridized carbons (Fsp3) is 0.714. The highest BCUT2D eigenvalue weighted by Gasteiger charge is 2.20. The van der Waals surface area contributed by atoms with E-state index in [-0.39, 0.29) is 0 Å². The molecule has 1 fully saturated rings. The first-order valence-corrected chi connectivity index (χ1v) is 8.13. The Morgan fingerprint density at radius 3 is 2.60 bits per heavy atom. The summed E-state index contributed by atoms with van der Waals surface area (Å²) in [4.78, 5) is 13.7. The Morgan fingerprint density at radius 2 is 2.00 bits per heavy atom. The van der Waals surface area contributed by atoms with Crippen LogP contribution >= 0.6 is 15.9 Å². The lowest BCUT2D eigenvalue weighted by atomic mass is 10.2. The monoisotopic (exact) mass is 341 g/mol. The molecule has 0 saturated carbocycles. The topological polar surface area (TPSA) is 44.3 Å². The maximum Gasteiger partial charge on any atom is 0.224 e. The van der Waals surface area contributed by atoms with Gasteiger partial charge in [0.2, 0.25) is 5.95 Å². The van der Waals surface area contributed by atoms with Gasteiger partial charge in [-0.05, 0) is 28.8 Å². The van der Waals surface area contributed by atoms with Crippen molar-refractivity contribution in [1.82, 2.24) is 14.9 Å². The number of hydrogen-bond donors (Lipinski definition) is 1. The van der Waals surface area contributed by atoms with Gasteiger partial charge in [0, 0.05) is 45.5 Å². The molecule has 1 N–H and O–H groups in total. The lowest BCUT2D eigenvalue weighted by Gasteiger charge is -2.36. The Kier molecular flexibility index (Phi) is 5.60. The lowest BCUT2D eigenvalue weighted by molar-refractivity contribution is 0.231. The zero-order valence-electron chi connectivity index (χ0n) is 12.6. The molecule has 0 spiro atoms. The molecule has 1 aliphatic heterocycles. The molecule has 0 amide bonds. The molecule has 20 heavy (non-hydrogen) atoms. The Balaban J connectivity index is 2.00. The molecule has 1 aromatic heterocycles. The number of nitrogens with one attached hydrogen (secondary N) is 1. The van der Waals surface area contributed by atoms with Crippen molar-refractivity contribution in [3.63, 3.8) is 0 Å². The van der Waals surface area contributed by atoms with Crippen molar-refractivity contribution in [2.24, 2.45) is 5.92 Å². The summed E-state index contributed by atoms with van der Waals surface area (Å²) in [6, 6.07) is 0. The van der Waals surface area contributed by atoms with Gasteiger partial charge in [-0.2, -0.15) is 4.98 Å². The van der Waals surface area contributed by atoms with Crippen molar-refractivity contribution in [1.29, 1.82) is 0 Å². The second-order valence-corrected chi connectivity index (χ2v) is 6.43. The Labute approximate surface area is 129 Å². The normalized spacial score (nSPS) is 16.8. The molecule has 0 aromatic carbocycles. The first kappa shape index (κ1) is 15.5. The number of nitrogens with zero attached hydrogens (tertiary/aromatic N) is 4. The van der Waals surface area contributed by atoms with E-state index in [4.69, 9.17) is 0 Å². The van der Waals surface area contributed by atoms with Crippen molar-refractivity contribution in [2.45, 2.75) is 20.8 Å². The molecule has 6 heteroatoms. The minimum atomic E-state index is 0.704. The molecule has 1 saturated heterocycles. The predicted molar refractivity (Wildman–Crippen MR) is 87.4 cm³/mol. The van der Waals surface area contributed by atoms with Crippen LogP contribution in [-0.2, 0) is 0 Å². The highest BCUT2D eigenvalue weighted by Crippen LogP contribution is 2.25. The van der Waals surface area contributed by atoms with E-state index >= 15 is 0 Å². The van der Waals surface area contributed by atoms with E-state index in [2.05, 4.69) is 61.8 Å². The molecule has 1 aliphatic rings. The van der Waals surface area contributed by atoms with Crippen LogP contribution in [0.4, 0.5) is 11.8 Å². The summed E-state index contributed by atoms with van der Waals surface area (Å²) in [5.74, 6) is 2.43. The van der Waals surface area contributed by atoms with Crippen molar-refractivity contribution in [3.05, 3.63) is 10.7 Å². The van der Waals surface area contributed by atoms with Gasteiger partial charge in [0.05, 0.1) is 4.47 Å². The van der Waals surface area contributed by atoms with Crippen LogP contribution in [0.1, 0.15) is 20.8 Å². The van der Waals surface area contributed by atoms with E-state index in [1.165, 1.54) is 6.54 Å². The quantitative estimate of drug-likeness (QED) is 0.891. The molecule has 5 nitrogen and oxygen atoms in total. The van der Waals surface area contributed by atoms with Crippen LogP contribution in [0.3, 0.4) is 0 Å². The first-order valence-electron chi connectivity index (χ1n) is 7.34. The number of rotatable bonds is 5. The number of piperazine rings is 1. The van der Waals surface area contributed by atoms with E-state index in [1.807, 2.05) is 6.20 Å². The summed E-state index contributed by atoms with van der Waals surface area (Å²) < 4.78 is 0.969. The second-order valence-electron chi connectivity index (χ2n) is 5.58. The number of halogens is 1. The van der Waals surface area contributed by atoms with Gasteiger partial charge in [-0.3, -0.25) is 4.90 Å². The van der Waals surface area contributed by atoms with E-state index in [0.717, 1.165) is 48.9 Å². The maximum absolute atomic E-state index is 4.61. The van der Waals surface area contributed by atoms with Crippen LogP contribution in [0, 0.1) is 5.92 Å². The molecular weight excluding hydrogens is 318 g/mol. The number of hydrogen-bond acceptors (Lipinski definition) is 5. The molecule has 0 unspecified atom stereocenters. The van der Waals surface area contributed by atoms with Gasteiger partial charge in [-0.1, -0.05) is 13.8 Å². The van der Waals surface area contributed by atoms with Gasteiger partial charge < -0.3 is 10.2 Å². The number of anilines is 2. The zero-order chi connectivity index (χ0) is 14.5. The van der Waals surface area contributed by atoms with E-state index in [0.29, 0.717) is 5.95 Å². The minimum Gasteiger partial charge on any atom is -0.354 e. The fourth-order valence-electron chi connectivity index (χ4n) is 2.48. The molecule has 112 valence electrons. The predicted octanol–water partition coefficient (Wildman–Crippen LogP) is 2.45. The lowest BCUT2D eigenvalue weighted by Crippen LogP contribution is -2.47. The zero-order valence-corrected chi connectivity index (χ0v) is 14.2. The van der Waals surface area contributed by atoms with E-state index < -0.39 is 0 Å². The first-order chi connectivity index (χ1) is 9.60. The minimum absolute atomic E-state index is 0.704. The summed E-state index contributed by atoms with van der Waals surface area (Å²) in [5, 5.41) is 3.17. The van der Waals surface area contributed by atoms with E-state index in [1.54, 1.807) is 0 Å². The average molecular weight is 342 g/mol. The van der Waals surface area contributed by atoms with Gasteiger partial charge in [0.1, 0.15) is 5.82 Å². The van der Waals surface area contributed by atoms with Gasteiger partial charge in [-0.25, -0.2) is 4.98 Å². The van der Waals surface area contributed by atoms with Gasteiger partial charge in [-0.15, -0.1) is 0 Å². The standard InChI is InChI=1S/C14H24BrN5/c1-4-16-14-17-9-12(15)13(18-14)20-7-5-19(6-8-20)10-11(2)3/h9,11H,4-8,10H2,1-3H3,(H,16,17,18). The Bertz CT molecular complexity index is 430. The van der Waals surface area contributed by atoms with Crippen LogP contribution in [-0.4, -0.2) is 54.1 Å². The van der Waals surface area contributed by atoms with Gasteiger partial charge in [0.15, 0.2) is 0 Å². The summed E-state index contributed by atoms with van der Waals surface area (Å²) in [6.45, 7) is 12.9. The smallest absolute Gasteiger partial charge is 0.224 e. The van der Waals surface area contributed by atoms with Crippen molar-refractivity contribution in [2.75, 3.05) is 49.5 Å². The molecule has 2 heterocycles. The van der Waals surface area contributed by atoms with Crippen molar-refractivity contribution in [3.8, 4) is 0 Å². The van der Waals surface area contributed by atoms with Crippen LogP contribution in [0.5, 0.6) is 0 Å². The average Bonchev–Trinajstić information content (AvgIpc) is 2.42. The molecule has 1 aromatic rings. The highest BCUT2D eigenvalue weighted by atomic mass is 79.9. The molecule has 2 rings (SSSR count). The third-order valence-electron chi connectivity index (χ3n) is 3.36. The van der Waals surface area contributed by atoms with Crippen LogP contribution < -0.4 is 10.2 Å². The second kappa shape index (κ2) is 7.22. The van der Waals surface area contributed by atoms with Crippen molar-refractivity contribution < 1.29 is 0 Å². The van der Waals surface area contributed by atoms with Crippen LogP contribution in [0.25, 0.3) is 0 Å². The Hall–Kier alpha value is -0.880. The van der Waals surface area contributed by atoms with Gasteiger partial charge in [0.25, 0.3) is 0 Å². The van der Waals surface area contributed by atoms with Crippen LogP contribution in [0.15, 0.2) is 10.7 Å². The summed E-state index contributed by atoms with van der Waals surface area (Å²) in [7, 11) is 0. The third-order valence-corrected chi connectivity index (χ3v) is 3.92. The summed E-state index contributed by atoms with van der Waals surface area (Å²) >= 11 is 3.56. The highest BCUT2D eigenvalue weighted by molar-refractivity contribution is 9.10. The molecule has 0 bridgehead atoms. The Morgan fingerprint density at radius 1 is 1.30 bits per heavy atom. The summed E-state index contributed by atoms with van der Waals surface area (Å²) in [5.41, 5.74) is 0. The largest absolute Gasteiger partial charge is 0.354 e. The summed E-state index contributed by atoms with van der Waals surface area (Å²) in [6.07, 6.45) is 1.83. The van der Waals surface area contributed by atoms with Gasteiger partial charge >= 0.3 is 0 Å². The maximum atomic E-state index is 4.61. The molecule has 0 radical (unpaired) electrons. The van der Waals surface area contributed by atoms with Crippen LogP contribution in [0.2, 0.25) is 0 Å². The molecule has 0 atom stereocenters. The van der Waals surface area contributed by atoms with Crippen molar-refractivity contribution >= 4 is 27.7 Å². The molecular formula is C14H24BrN5.